The minimum atomic E-state index is 0.0817. The standard InChI is InChI=1S/C28H25N5O/c1-19-22-12-13-25(30-27(22)33(31-19)21-7-3-2-4-8-21)20-14-17-32(18-15-20)28(34)24-9-5-11-26-23(24)10-6-16-29-26/h2-13,16,20H,14-15,17-18H2,1H3. The van der Waals surface area contributed by atoms with Gasteiger partial charge in [0.15, 0.2) is 5.65 Å². The zero-order valence-corrected chi connectivity index (χ0v) is 19.1. The molecule has 5 aromatic rings. The number of para-hydroxylation sites is 1. The van der Waals surface area contributed by atoms with Crippen molar-refractivity contribution in [2.45, 2.75) is 25.7 Å². The van der Waals surface area contributed by atoms with E-state index >= 15 is 0 Å². The first kappa shape index (κ1) is 20.5. The minimum absolute atomic E-state index is 0.0817. The molecule has 1 saturated heterocycles. The number of aromatic nitrogens is 4. The number of rotatable bonds is 3. The second kappa shape index (κ2) is 8.37. The van der Waals surface area contributed by atoms with E-state index in [2.05, 4.69) is 17.1 Å². The van der Waals surface area contributed by atoms with Crippen molar-refractivity contribution in [1.29, 1.82) is 0 Å². The smallest absolute Gasteiger partial charge is 0.254 e. The van der Waals surface area contributed by atoms with Gasteiger partial charge in [-0.2, -0.15) is 5.10 Å². The first-order valence-electron chi connectivity index (χ1n) is 11.7. The Bertz CT molecular complexity index is 1490. The molecule has 4 heterocycles. The van der Waals surface area contributed by atoms with Gasteiger partial charge in [0.25, 0.3) is 5.91 Å². The number of carbonyl (C=O) groups is 1. The highest BCUT2D eigenvalue weighted by molar-refractivity contribution is 6.06. The van der Waals surface area contributed by atoms with E-state index in [0.29, 0.717) is 5.92 Å². The molecule has 2 aromatic carbocycles. The lowest BCUT2D eigenvalue weighted by atomic mass is 9.92. The van der Waals surface area contributed by atoms with Crippen LogP contribution >= 0.6 is 0 Å². The molecule has 0 bridgehead atoms. The van der Waals surface area contributed by atoms with Gasteiger partial charge in [0.05, 0.1) is 16.9 Å². The van der Waals surface area contributed by atoms with E-state index in [1.807, 2.05) is 77.2 Å². The summed E-state index contributed by atoms with van der Waals surface area (Å²) in [5.74, 6) is 0.403. The van der Waals surface area contributed by atoms with Crippen molar-refractivity contribution in [2.24, 2.45) is 0 Å². The van der Waals surface area contributed by atoms with E-state index in [0.717, 1.165) is 70.5 Å². The van der Waals surface area contributed by atoms with Crippen LogP contribution in [0, 0.1) is 6.92 Å². The Morgan fingerprint density at radius 1 is 0.882 bits per heavy atom. The topological polar surface area (TPSA) is 63.9 Å². The number of pyridine rings is 2. The average molecular weight is 448 g/mol. The van der Waals surface area contributed by atoms with Gasteiger partial charge in [-0.3, -0.25) is 9.78 Å². The Balaban J connectivity index is 1.24. The van der Waals surface area contributed by atoms with E-state index in [4.69, 9.17) is 10.1 Å². The fourth-order valence-electron chi connectivity index (χ4n) is 4.97. The normalized spacial score (nSPS) is 14.7. The van der Waals surface area contributed by atoms with Crippen LogP contribution in [-0.2, 0) is 0 Å². The predicted molar refractivity (Wildman–Crippen MR) is 133 cm³/mol. The zero-order chi connectivity index (χ0) is 23.1. The van der Waals surface area contributed by atoms with Gasteiger partial charge in [-0.25, -0.2) is 9.67 Å². The number of aryl methyl sites for hydroxylation is 1. The molecule has 1 amide bonds. The Kier molecular flexibility index (Phi) is 5.06. The summed E-state index contributed by atoms with van der Waals surface area (Å²) < 4.78 is 1.93. The molecule has 0 unspecified atom stereocenters. The molecule has 6 rings (SSSR count). The summed E-state index contributed by atoms with van der Waals surface area (Å²) >= 11 is 0. The van der Waals surface area contributed by atoms with E-state index in [9.17, 15) is 4.79 Å². The Labute approximate surface area is 197 Å². The molecule has 3 aromatic heterocycles. The molecule has 6 heteroatoms. The number of fused-ring (bicyclic) bond motifs is 2. The highest BCUT2D eigenvalue weighted by Crippen LogP contribution is 2.30. The van der Waals surface area contributed by atoms with Gasteiger partial charge in [0, 0.05) is 47.2 Å². The number of hydrogen-bond acceptors (Lipinski definition) is 4. The van der Waals surface area contributed by atoms with Gasteiger partial charge in [-0.1, -0.05) is 30.3 Å². The molecule has 0 N–H and O–H groups in total. The van der Waals surface area contributed by atoms with Crippen LogP contribution in [-0.4, -0.2) is 43.6 Å². The molecule has 0 spiro atoms. The number of nitrogens with zero attached hydrogens (tertiary/aromatic N) is 5. The van der Waals surface area contributed by atoms with Gasteiger partial charge < -0.3 is 4.90 Å². The quantitative estimate of drug-likeness (QED) is 0.377. The van der Waals surface area contributed by atoms with Crippen LogP contribution in [0.1, 0.15) is 40.5 Å². The summed E-state index contributed by atoms with van der Waals surface area (Å²) in [6.45, 7) is 3.46. The Hall–Kier alpha value is -4.06. The highest BCUT2D eigenvalue weighted by Gasteiger charge is 2.27. The molecule has 1 fully saturated rings. The minimum Gasteiger partial charge on any atom is -0.339 e. The van der Waals surface area contributed by atoms with Crippen molar-refractivity contribution in [3.8, 4) is 5.69 Å². The van der Waals surface area contributed by atoms with Crippen molar-refractivity contribution in [3.63, 3.8) is 0 Å². The second-order valence-electron chi connectivity index (χ2n) is 8.88. The number of likely N-dealkylation sites (tertiary alicyclic amines) is 1. The van der Waals surface area contributed by atoms with E-state index < -0.39 is 0 Å². The predicted octanol–water partition coefficient (Wildman–Crippen LogP) is 5.30. The molecule has 0 saturated carbocycles. The van der Waals surface area contributed by atoms with Crippen molar-refractivity contribution in [3.05, 3.63) is 95.9 Å². The van der Waals surface area contributed by atoms with Gasteiger partial charge in [-0.05, 0) is 62.2 Å². The van der Waals surface area contributed by atoms with Crippen LogP contribution in [0.5, 0.6) is 0 Å². The largest absolute Gasteiger partial charge is 0.339 e. The number of carbonyl (C=O) groups excluding carboxylic acids is 1. The van der Waals surface area contributed by atoms with Crippen LogP contribution in [0.15, 0.2) is 79.0 Å². The number of benzene rings is 2. The average Bonchev–Trinajstić information content (AvgIpc) is 3.24. The van der Waals surface area contributed by atoms with Gasteiger partial charge >= 0.3 is 0 Å². The molecule has 0 atom stereocenters. The van der Waals surface area contributed by atoms with Crippen LogP contribution in [0.3, 0.4) is 0 Å². The molecule has 0 aliphatic carbocycles. The van der Waals surface area contributed by atoms with Gasteiger partial charge in [0.1, 0.15) is 0 Å². The number of piperidine rings is 1. The summed E-state index contributed by atoms with van der Waals surface area (Å²) in [7, 11) is 0. The highest BCUT2D eigenvalue weighted by atomic mass is 16.2. The maximum Gasteiger partial charge on any atom is 0.254 e. The molecule has 1 aliphatic rings. The maximum atomic E-state index is 13.3. The van der Waals surface area contributed by atoms with Crippen molar-refractivity contribution >= 4 is 27.8 Å². The molecule has 168 valence electrons. The third-order valence-electron chi connectivity index (χ3n) is 6.81. The monoisotopic (exact) mass is 447 g/mol. The SMILES string of the molecule is Cc1nn(-c2ccccc2)c2nc(C3CCN(C(=O)c4cccc5ncccc45)CC3)ccc12. The van der Waals surface area contributed by atoms with Crippen molar-refractivity contribution in [2.75, 3.05) is 13.1 Å². The molecular weight excluding hydrogens is 422 g/mol. The van der Waals surface area contributed by atoms with E-state index in [1.54, 1.807) is 6.20 Å². The van der Waals surface area contributed by atoms with Crippen molar-refractivity contribution in [1.82, 2.24) is 24.6 Å². The van der Waals surface area contributed by atoms with Crippen LogP contribution in [0.2, 0.25) is 0 Å². The lowest BCUT2D eigenvalue weighted by molar-refractivity contribution is 0.0714. The zero-order valence-electron chi connectivity index (χ0n) is 19.1. The molecular formula is C28H25N5O. The van der Waals surface area contributed by atoms with Crippen LogP contribution < -0.4 is 0 Å². The number of hydrogen-bond donors (Lipinski definition) is 0. The lowest BCUT2D eigenvalue weighted by Crippen LogP contribution is -2.38. The molecule has 1 aliphatic heterocycles. The summed E-state index contributed by atoms with van der Waals surface area (Å²) in [5.41, 5.74) is 5.53. The third-order valence-corrected chi connectivity index (χ3v) is 6.81. The molecule has 0 radical (unpaired) electrons. The summed E-state index contributed by atoms with van der Waals surface area (Å²) in [5, 5.41) is 6.72. The fourth-order valence-corrected chi connectivity index (χ4v) is 4.97. The first-order valence-corrected chi connectivity index (χ1v) is 11.7. The first-order chi connectivity index (χ1) is 16.7. The summed E-state index contributed by atoms with van der Waals surface area (Å²) in [6, 6.07) is 24.0. The Morgan fingerprint density at radius 2 is 1.71 bits per heavy atom. The van der Waals surface area contributed by atoms with Gasteiger partial charge in [0.2, 0.25) is 0 Å². The van der Waals surface area contributed by atoms with E-state index in [1.165, 1.54) is 0 Å². The molecule has 6 nitrogen and oxygen atoms in total. The number of amides is 1. The van der Waals surface area contributed by atoms with Crippen LogP contribution in [0.25, 0.3) is 27.6 Å². The summed E-state index contributed by atoms with van der Waals surface area (Å²) in [4.78, 5) is 24.7. The van der Waals surface area contributed by atoms with Gasteiger partial charge in [-0.15, -0.1) is 0 Å². The Morgan fingerprint density at radius 3 is 2.53 bits per heavy atom. The van der Waals surface area contributed by atoms with Crippen LogP contribution in [0.4, 0.5) is 0 Å². The summed E-state index contributed by atoms with van der Waals surface area (Å²) in [6.07, 6.45) is 3.55. The lowest BCUT2D eigenvalue weighted by Gasteiger charge is -2.32. The maximum absolute atomic E-state index is 13.3. The third kappa shape index (κ3) is 3.52. The second-order valence-corrected chi connectivity index (χ2v) is 8.88. The van der Waals surface area contributed by atoms with E-state index in [-0.39, 0.29) is 5.91 Å². The molecule has 34 heavy (non-hydrogen) atoms. The van der Waals surface area contributed by atoms with Crippen molar-refractivity contribution < 1.29 is 4.79 Å². The fraction of sp³-hybridized carbons (Fsp3) is 0.214.